The molecule has 6 nitrogen and oxygen atoms in total. The van der Waals surface area contributed by atoms with Gasteiger partial charge in [-0.1, -0.05) is 41.0 Å². The first-order valence-electron chi connectivity index (χ1n) is 8.24. The fourth-order valence-corrected chi connectivity index (χ4v) is 2.64. The van der Waals surface area contributed by atoms with Gasteiger partial charge in [0.15, 0.2) is 0 Å². The number of anilines is 1. The molecule has 0 aliphatic rings. The SMILES string of the molecule is Cc1ccc(-c2noc(CN(C)CC(=O)Nc3ccccc3Cl)n2)cc1F. The summed E-state index contributed by atoms with van der Waals surface area (Å²) in [4.78, 5) is 18.1. The molecular formula is C19H18ClFN4O2. The molecule has 0 aliphatic heterocycles. The number of rotatable bonds is 6. The summed E-state index contributed by atoms with van der Waals surface area (Å²) >= 11 is 6.03. The first-order valence-corrected chi connectivity index (χ1v) is 8.62. The molecule has 0 spiro atoms. The van der Waals surface area contributed by atoms with Gasteiger partial charge in [0, 0.05) is 5.56 Å². The zero-order valence-corrected chi connectivity index (χ0v) is 15.6. The number of benzene rings is 2. The van der Waals surface area contributed by atoms with Gasteiger partial charge in [-0.3, -0.25) is 9.69 Å². The van der Waals surface area contributed by atoms with Crippen LogP contribution in [-0.2, 0) is 11.3 Å². The van der Waals surface area contributed by atoms with E-state index >= 15 is 0 Å². The third kappa shape index (κ3) is 4.90. The van der Waals surface area contributed by atoms with Crippen molar-refractivity contribution in [3.63, 3.8) is 0 Å². The van der Waals surface area contributed by atoms with Gasteiger partial charge < -0.3 is 9.84 Å². The molecule has 8 heteroatoms. The molecule has 140 valence electrons. The molecule has 1 N–H and O–H groups in total. The van der Waals surface area contributed by atoms with Crippen molar-refractivity contribution in [2.24, 2.45) is 0 Å². The monoisotopic (exact) mass is 388 g/mol. The second-order valence-corrected chi connectivity index (χ2v) is 6.58. The minimum atomic E-state index is -0.327. The van der Waals surface area contributed by atoms with E-state index in [-0.39, 0.29) is 24.8 Å². The molecule has 1 heterocycles. The van der Waals surface area contributed by atoms with E-state index in [0.29, 0.717) is 33.6 Å². The van der Waals surface area contributed by atoms with Gasteiger partial charge >= 0.3 is 0 Å². The summed E-state index contributed by atoms with van der Waals surface area (Å²) in [6.07, 6.45) is 0. The Morgan fingerprint density at radius 1 is 1.30 bits per heavy atom. The van der Waals surface area contributed by atoms with E-state index in [1.807, 2.05) is 0 Å². The Hall–Kier alpha value is -2.77. The standard InChI is InChI=1S/C19H18ClFN4O2/c1-12-7-8-13(9-15(12)21)19-23-18(27-24-19)11-25(2)10-17(26)22-16-6-4-3-5-14(16)20/h3-9H,10-11H2,1-2H3,(H,22,26). The highest BCUT2D eigenvalue weighted by Gasteiger charge is 2.14. The average molecular weight is 389 g/mol. The second kappa shape index (κ2) is 8.28. The molecule has 0 atom stereocenters. The largest absolute Gasteiger partial charge is 0.338 e. The van der Waals surface area contributed by atoms with Crippen molar-refractivity contribution in [2.45, 2.75) is 13.5 Å². The van der Waals surface area contributed by atoms with E-state index in [4.69, 9.17) is 16.1 Å². The van der Waals surface area contributed by atoms with Gasteiger partial charge in [0.2, 0.25) is 17.6 Å². The Kier molecular flexibility index (Phi) is 5.83. The van der Waals surface area contributed by atoms with Crippen LogP contribution in [0.15, 0.2) is 47.0 Å². The Morgan fingerprint density at radius 3 is 2.81 bits per heavy atom. The number of halogens is 2. The number of nitrogens with zero attached hydrogens (tertiary/aromatic N) is 3. The summed E-state index contributed by atoms with van der Waals surface area (Å²) in [5.74, 6) is 0.0926. The predicted octanol–water partition coefficient (Wildman–Crippen LogP) is 3.91. The Morgan fingerprint density at radius 2 is 2.07 bits per heavy atom. The number of aromatic nitrogens is 2. The van der Waals surface area contributed by atoms with Gasteiger partial charge in [-0.2, -0.15) is 4.98 Å². The van der Waals surface area contributed by atoms with Crippen molar-refractivity contribution < 1.29 is 13.7 Å². The summed E-state index contributed by atoms with van der Waals surface area (Å²) in [7, 11) is 1.75. The minimum absolute atomic E-state index is 0.113. The van der Waals surface area contributed by atoms with Gasteiger partial charge in [0.05, 0.1) is 23.8 Å². The van der Waals surface area contributed by atoms with Gasteiger partial charge in [-0.25, -0.2) is 4.39 Å². The lowest BCUT2D eigenvalue weighted by Gasteiger charge is -2.14. The number of hydrogen-bond donors (Lipinski definition) is 1. The van der Waals surface area contributed by atoms with Crippen LogP contribution in [0.1, 0.15) is 11.5 Å². The molecule has 0 saturated heterocycles. The maximum atomic E-state index is 13.7. The highest BCUT2D eigenvalue weighted by atomic mass is 35.5. The first kappa shape index (κ1) is 19.0. The van der Waals surface area contributed by atoms with Gasteiger partial charge in [-0.15, -0.1) is 0 Å². The summed E-state index contributed by atoms with van der Waals surface area (Å²) in [5.41, 5.74) is 1.64. The number of amides is 1. The molecule has 0 fully saturated rings. The van der Waals surface area contributed by atoms with Crippen molar-refractivity contribution in [1.82, 2.24) is 15.0 Å². The lowest BCUT2D eigenvalue weighted by atomic mass is 10.1. The number of para-hydroxylation sites is 1. The predicted molar refractivity (Wildman–Crippen MR) is 101 cm³/mol. The Bertz CT molecular complexity index is 960. The van der Waals surface area contributed by atoms with Crippen LogP contribution in [0.4, 0.5) is 10.1 Å². The van der Waals surface area contributed by atoms with E-state index in [9.17, 15) is 9.18 Å². The number of carbonyl (C=O) groups is 1. The van der Waals surface area contributed by atoms with Crippen LogP contribution in [0.5, 0.6) is 0 Å². The number of hydrogen-bond acceptors (Lipinski definition) is 5. The lowest BCUT2D eigenvalue weighted by Crippen LogP contribution is -2.30. The van der Waals surface area contributed by atoms with Gasteiger partial charge in [0.25, 0.3) is 0 Å². The molecule has 0 radical (unpaired) electrons. The van der Waals surface area contributed by atoms with E-state index in [1.165, 1.54) is 6.07 Å². The quantitative estimate of drug-likeness (QED) is 0.693. The van der Waals surface area contributed by atoms with Crippen LogP contribution >= 0.6 is 11.6 Å². The topological polar surface area (TPSA) is 71.3 Å². The third-order valence-electron chi connectivity index (χ3n) is 3.86. The van der Waals surface area contributed by atoms with Crippen LogP contribution in [0, 0.1) is 12.7 Å². The fourth-order valence-electron chi connectivity index (χ4n) is 2.45. The first-order chi connectivity index (χ1) is 12.9. The van der Waals surface area contributed by atoms with Gasteiger partial charge in [0.1, 0.15) is 5.82 Å². The highest BCUT2D eigenvalue weighted by Crippen LogP contribution is 2.21. The molecular weight excluding hydrogens is 371 g/mol. The number of likely N-dealkylation sites (N-methyl/N-ethyl adjacent to an activating group) is 1. The Labute approximate surface area is 160 Å². The number of nitrogens with one attached hydrogen (secondary N) is 1. The molecule has 0 unspecified atom stereocenters. The van der Waals surface area contributed by atoms with Crippen LogP contribution in [-0.4, -0.2) is 34.5 Å². The van der Waals surface area contributed by atoms with Crippen LogP contribution < -0.4 is 5.32 Å². The molecule has 1 aromatic heterocycles. The highest BCUT2D eigenvalue weighted by molar-refractivity contribution is 6.33. The van der Waals surface area contributed by atoms with Crippen LogP contribution in [0.3, 0.4) is 0 Å². The zero-order valence-electron chi connectivity index (χ0n) is 14.9. The number of carbonyl (C=O) groups excluding carboxylic acids is 1. The smallest absolute Gasteiger partial charge is 0.241 e. The van der Waals surface area contributed by atoms with E-state index in [0.717, 1.165) is 0 Å². The molecule has 1 amide bonds. The van der Waals surface area contributed by atoms with Crippen molar-refractivity contribution in [2.75, 3.05) is 18.9 Å². The number of aryl methyl sites for hydroxylation is 1. The summed E-state index contributed by atoms with van der Waals surface area (Å²) in [5, 5.41) is 7.09. The van der Waals surface area contributed by atoms with Crippen molar-refractivity contribution in [3.8, 4) is 11.4 Å². The molecule has 3 rings (SSSR count). The van der Waals surface area contributed by atoms with E-state index in [2.05, 4.69) is 15.5 Å². The van der Waals surface area contributed by atoms with Crippen molar-refractivity contribution in [1.29, 1.82) is 0 Å². The maximum absolute atomic E-state index is 13.7. The molecule has 27 heavy (non-hydrogen) atoms. The van der Waals surface area contributed by atoms with E-state index in [1.54, 1.807) is 55.3 Å². The van der Waals surface area contributed by atoms with Crippen LogP contribution in [0.2, 0.25) is 5.02 Å². The normalized spacial score (nSPS) is 11.0. The molecule has 3 aromatic rings. The zero-order chi connectivity index (χ0) is 19.4. The molecule has 2 aromatic carbocycles. The minimum Gasteiger partial charge on any atom is -0.338 e. The van der Waals surface area contributed by atoms with Crippen molar-refractivity contribution in [3.05, 3.63) is 64.8 Å². The second-order valence-electron chi connectivity index (χ2n) is 6.18. The average Bonchev–Trinajstić information content (AvgIpc) is 3.07. The third-order valence-corrected chi connectivity index (χ3v) is 4.19. The Balaban J connectivity index is 1.59. The van der Waals surface area contributed by atoms with Gasteiger partial charge in [-0.05, 0) is 37.7 Å². The summed E-state index contributed by atoms with van der Waals surface area (Å²) in [6.45, 7) is 2.07. The molecule has 0 aliphatic carbocycles. The molecule has 0 bridgehead atoms. The molecule has 0 saturated carbocycles. The maximum Gasteiger partial charge on any atom is 0.241 e. The van der Waals surface area contributed by atoms with Crippen LogP contribution in [0.25, 0.3) is 11.4 Å². The summed E-state index contributed by atoms with van der Waals surface area (Å²) < 4.78 is 18.9. The lowest BCUT2D eigenvalue weighted by molar-refractivity contribution is -0.117. The van der Waals surface area contributed by atoms with Crippen molar-refractivity contribution >= 4 is 23.2 Å². The van der Waals surface area contributed by atoms with E-state index < -0.39 is 0 Å². The summed E-state index contributed by atoms with van der Waals surface area (Å²) in [6, 6.07) is 11.8. The fraction of sp³-hybridized carbons (Fsp3) is 0.211.